The van der Waals surface area contributed by atoms with Gasteiger partial charge in [-0.25, -0.2) is 12.8 Å². The highest BCUT2D eigenvalue weighted by Gasteiger charge is 2.35. The molecule has 0 aliphatic rings. The quantitative estimate of drug-likeness (QED) is 0.168. The number of benzene rings is 4. The fourth-order valence-electron chi connectivity index (χ4n) is 4.70. The average Bonchev–Trinajstić information content (AvgIpc) is 3.02. The first-order valence-corrected chi connectivity index (χ1v) is 16.6. The standard InChI is InChI=1S/C34H34Cl2FN3O4S/c1-3-24(2)38-34(42)32(20-25-10-5-4-6-11-25)39(22-26-12-7-8-15-31(26)37)33(41)23-40(29-14-9-13-28(36)21-29)45(43,44)30-18-16-27(35)17-19-30/h4-19,21,24,32H,3,20,22-23H2,1-2H3,(H,38,42)/t24-,32-/m1/s1. The summed E-state index contributed by atoms with van der Waals surface area (Å²) in [6.45, 7) is 2.80. The molecule has 0 aliphatic carbocycles. The highest BCUT2D eigenvalue weighted by atomic mass is 35.5. The van der Waals surface area contributed by atoms with Crippen molar-refractivity contribution >= 4 is 50.7 Å². The van der Waals surface area contributed by atoms with Crippen molar-refractivity contribution in [1.29, 1.82) is 0 Å². The molecule has 0 radical (unpaired) electrons. The Kier molecular flexibility index (Phi) is 11.6. The van der Waals surface area contributed by atoms with Crippen molar-refractivity contribution in [1.82, 2.24) is 10.2 Å². The molecular weight excluding hydrogens is 636 g/mol. The second kappa shape index (κ2) is 15.4. The minimum absolute atomic E-state index is 0.101. The van der Waals surface area contributed by atoms with Crippen LogP contribution in [-0.2, 0) is 32.6 Å². The Morgan fingerprint density at radius 2 is 1.53 bits per heavy atom. The normalized spacial score (nSPS) is 12.6. The van der Waals surface area contributed by atoms with Gasteiger partial charge in [0.05, 0.1) is 10.6 Å². The van der Waals surface area contributed by atoms with Crippen LogP contribution in [0.5, 0.6) is 0 Å². The lowest BCUT2D eigenvalue weighted by Gasteiger charge is -2.34. The summed E-state index contributed by atoms with van der Waals surface area (Å²) in [7, 11) is -4.33. The van der Waals surface area contributed by atoms with E-state index in [0.29, 0.717) is 11.4 Å². The van der Waals surface area contributed by atoms with Gasteiger partial charge >= 0.3 is 0 Å². The molecule has 11 heteroatoms. The number of nitrogens with zero attached hydrogens (tertiary/aromatic N) is 2. The van der Waals surface area contributed by atoms with Gasteiger partial charge in [-0.05, 0) is 67.4 Å². The number of amides is 2. The summed E-state index contributed by atoms with van der Waals surface area (Å²) in [4.78, 5) is 29.4. The van der Waals surface area contributed by atoms with Gasteiger partial charge in [-0.2, -0.15) is 0 Å². The van der Waals surface area contributed by atoms with E-state index < -0.39 is 40.2 Å². The van der Waals surface area contributed by atoms with Crippen molar-refractivity contribution in [2.24, 2.45) is 0 Å². The number of nitrogens with one attached hydrogen (secondary N) is 1. The molecule has 0 aliphatic heterocycles. The lowest BCUT2D eigenvalue weighted by molar-refractivity contribution is -0.140. The molecule has 0 unspecified atom stereocenters. The van der Waals surface area contributed by atoms with E-state index in [1.165, 1.54) is 59.5 Å². The number of hydrogen-bond donors (Lipinski definition) is 1. The molecule has 0 saturated carbocycles. The molecule has 1 N–H and O–H groups in total. The van der Waals surface area contributed by atoms with Gasteiger partial charge in [-0.3, -0.25) is 13.9 Å². The zero-order valence-electron chi connectivity index (χ0n) is 24.9. The van der Waals surface area contributed by atoms with Crippen molar-refractivity contribution in [3.05, 3.63) is 130 Å². The Labute approximate surface area is 273 Å². The Bertz CT molecular complexity index is 1720. The van der Waals surface area contributed by atoms with Gasteiger partial charge in [-0.1, -0.05) is 84.7 Å². The molecule has 4 aromatic rings. The van der Waals surface area contributed by atoms with E-state index in [0.717, 1.165) is 9.87 Å². The molecule has 45 heavy (non-hydrogen) atoms. The third-order valence-electron chi connectivity index (χ3n) is 7.35. The van der Waals surface area contributed by atoms with Gasteiger partial charge in [0.1, 0.15) is 18.4 Å². The number of anilines is 1. The van der Waals surface area contributed by atoms with E-state index in [9.17, 15) is 18.0 Å². The van der Waals surface area contributed by atoms with Crippen molar-refractivity contribution in [3.63, 3.8) is 0 Å². The van der Waals surface area contributed by atoms with E-state index in [-0.39, 0.29) is 40.2 Å². The Hall–Kier alpha value is -3.92. The van der Waals surface area contributed by atoms with Gasteiger partial charge in [-0.15, -0.1) is 0 Å². The lowest BCUT2D eigenvalue weighted by Crippen LogP contribution is -2.54. The van der Waals surface area contributed by atoms with E-state index in [4.69, 9.17) is 23.2 Å². The molecule has 7 nitrogen and oxygen atoms in total. The van der Waals surface area contributed by atoms with Crippen molar-refractivity contribution in [2.75, 3.05) is 10.8 Å². The first-order valence-electron chi connectivity index (χ1n) is 14.4. The molecule has 0 saturated heterocycles. The first-order chi connectivity index (χ1) is 21.5. The molecule has 4 aromatic carbocycles. The van der Waals surface area contributed by atoms with E-state index >= 15 is 4.39 Å². The maximum absolute atomic E-state index is 15.0. The fraction of sp³-hybridized carbons (Fsp3) is 0.235. The Balaban J connectivity index is 1.82. The maximum Gasteiger partial charge on any atom is 0.264 e. The zero-order valence-corrected chi connectivity index (χ0v) is 27.2. The highest BCUT2D eigenvalue weighted by molar-refractivity contribution is 7.92. The van der Waals surface area contributed by atoms with E-state index in [1.54, 1.807) is 18.2 Å². The summed E-state index contributed by atoms with van der Waals surface area (Å²) in [6.07, 6.45) is 0.761. The summed E-state index contributed by atoms with van der Waals surface area (Å²) < 4.78 is 44.0. The number of rotatable bonds is 13. The summed E-state index contributed by atoms with van der Waals surface area (Å²) >= 11 is 12.3. The van der Waals surface area contributed by atoms with Crippen LogP contribution in [0.2, 0.25) is 10.0 Å². The van der Waals surface area contributed by atoms with E-state index in [2.05, 4.69) is 5.32 Å². The second-order valence-corrected chi connectivity index (χ2v) is 13.3. The topological polar surface area (TPSA) is 86.8 Å². The van der Waals surface area contributed by atoms with Crippen LogP contribution in [-0.4, -0.2) is 43.8 Å². The highest BCUT2D eigenvalue weighted by Crippen LogP contribution is 2.28. The van der Waals surface area contributed by atoms with Gasteiger partial charge in [0, 0.05) is 34.6 Å². The number of carbonyl (C=O) groups excluding carboxylic acids is 2. The zero-order chi connectivity index (χ0) is 32.6. The predicted octanol–water partition coefficient (Wildman–Crippen LogP) is 6.88. The fourth-order valence-corrected chi connectivity index (χ4v) is 6.42. The number of carbonyl (C=O) groups is 2. The van der Waals surface area contributed by atoms with E-state index in [1.807, 2.05) is 44.2 Å². The average molecular weight is 671 g/mol. The number of halogens is 3. The Morgan fingerprint density at radius 1 is 0.867 bits per heavy atom. The molecule has 0 spiro atoms. The third-order valence-corrected chi connectivity index (χ3v) is 9.62. The molecule has 2 atom stereocenters. The van der Waals surface area contributed by atoms with Gasteiger partial charge in [0.25, 0.3) is 10.0 Å². The van der Waals surface area contributed by atoms with Crippen LogP contribution in [0.1, 0.15) is 31.4 Å². The second-order valence-electron chi connectivity index (χ2n) is 10.6. The predicted molar refractivity (Wildman–Crippen MR) is 176 cm³/mol. The van der Waals surface area contributed by atoms with Crippen LogP contribution in [0, 0.1) is 5.82 Å². The number of hydrogen-bond acceptors (Lipinski definition) is 4. The maximum atomic E-state index is 15.0. The number of sulfonamides is 1. The minimum atomic E-state index is -4.33. The van der Waals surface area contributed by atoms with Crippen LogP contribution in [0.3, 0.4) is 0 Å². The van der Waals surface area contributed by atoms with Crippen LogP contribution in [0.25, 0.3) is 0 Å². The van der Waals surface area contributed by atoms with Crippen molar-refractivity contribution in [2.45, 2.75) is 50.2 Å². The van der Waals surface area contributed by atoms with Gasteiger partial charge in [0.2, 0.25) is 11.8 Å². The van der Waals surface area contributed by atoms with Crippen LogP contribution < -0.4 is 9.62 Å². The molecule has 0 aromatic heterocycles. The molecule has 236 valence electrons. The molecule has 0 heterocycles. The van der Waals surface area contributed by atoms with Crippen molar-refractivity contribution < 1.29 is 22.4 Å². The first kappa shape index (κ1) is 34.0. The monoisotopic (exact) mass is 669 g/mol. The molecule has 0 fully saturated rings. The summed E-state index contributed by atoms with van der Waals surface area (Å²) in [5, 5.41) is 3.55. The van der Waals surface area contributed by atoms with Crippen LogP contribution in [0.4, 0.5) is 10.1 Å². The summed E-state index contributed by atoms with van der Waals surface area (Å²) in [5.41, 5.74) is 1.09. The SMILES string of the molecule is CC[C@@H](C)NC(=O)[C@@H](Cc1ccccc1)N(Cc1ccccc1F)C(=O)CN(c1cccc(Cl)c1)S(=O)(=O)c1ccc(Cl)cc1. The molecular formula is C34H34Cl2FN3O4S. The van der Waals surface area contributed by atoms with Crippen LogP contribution in [0.15, 0.2) is 108 Å². The van der Waals surface area contributed by atoms with Crippen molar-refractivity contribution in [3.8, 4) is 0 Å². The van der Waals surface area contributed by atoms with Gasteiger partial charge in [0.15, 0.2) is 0 Å². The minimum Gasteiger partial charge on any atom is -0.352 e. The summed E-state index contributed by atoms with van der Waals surface area (Å²) in [6, 6.07) is 25.5. The Morgan fingerprint density at radius 3 is 2.18 bits per heavy atom. The molecule has 4 rings (SSSR count). The molecule has 0 bridgehead atoms. The van der Waals surface area contributed by atoms with Crippen LogP contribution >= 0.6 is 23.2 Å². The third kappa shape index (κ3) is 8.84. The lowest BCUT2D eigenvalue weighted by atomic mass is 10.0. The molecule has 2 amide bonds. The largest absolute Gasteiger partial charge is 0.352 e. The summed E-state index contributed by atoms with van der Waals surface area (Å²) in [5.74, 6) is -1.71. The smallest absolute Gasteiger partial charge is 0.264 e. The van der Waals surface area contributed by atoms with Gasteiger partial charge < -0.3 is 10.2 Å².